The highest BCUT2D eigenvalue weighted by molar-refractivity contribution is 6.32. The Labute approximate surface area is 153 Å². The number of anilines is 2. The van der Waals surface area contributed by atoms with Crippen LogP contribution in [0.3, 0.4) is 0 Å². The minimum atomic E-state index is -0.772. The van der Waals surface area contributed by atoms with E-state index in [-0.39, 0.29) is 22.0 Å². The molecule has 2 N–H and O–H groups in total. The van der Waals surface area contributed by atoms with E-state index in [1.807, 2.05) is 6.07 Å². The second-order valence-corrected chi connectivity index (χ2v) is 5.26. The van der Waals surface area contributed by atoms with Gasteiger partial charge in [0.15, 0.2) is 0 Å². The number of benzene rings is 2. The average Bonchev–Trinajstić information content (AvgIpc) is 2.63. The normalized spacial score (nSPS) is 10.3. The standard InChI is InChI=1S/C17H10ClN5O3/c18-14-6-5-13(7-16(14)23(25)26)22-17(24)12(9-20)10-21-15-4-2-1-3-11(15)8-19/h1-7,10,21H,(H,22,24)/b12-10-. The molecule has 2 aromatic carbocycles. The summed E-state index contributed by atoms with van der Waals surface area (Å²) in [4.78, 5) is 22.4. The van der Waals surface area contributed by atoms with E-state index < -0.39 is 10.8 Å². The summed E-state index contributed by atoms with van der Waals surface area (Å²) in [5, 5.41) is 34.1. The average molecular weight is 368 g/mol. The fourth-order valence-corrected chi connectivity index (χ4v) is 2.12. The first kappa shape index (κ1) is 18.5. The number of amides is 1. The molecule has 0 bridgehead atoms. The highest BCUT2D eigenvalue weighted by Crippen LogP contribution is 2.27. The van der Waals surface area contributed by atoms with Crippen LogP contribution in [0, 0.1) is 32.8 Å². The van der Waals surface area contributed by atoms with E-state index in [4.69, 9.17) is 22.1 Å². The maximum Gasteiger partial charge on any atom is 0.289 e. The Morgan fingerprint density at radius 1 is 1.23 bits per heavy atom. The molecule has 0 aromatic heterocycles. The molecule has 2 rings (SSSR count). The summed E-state index contributed by atoms with van der Waals surface area (Å²) in [6.45, 7) is 0. The number of halogens is 1. The number of para-hydroxylation sites is 1. The van der Waals surface area contributed by atoms with E-state index in [2.05, 4.69) is 10.6 Å². The lowest BCUT2D eigenvalue weighted by molar-refractivity contribution is -0.384. The Kier molecular flexibility index (Phi) is 5.88. The monoisotopic (exact) mass is 367 g/mol. The van der Waals surface area contributed by atoms with Gasteiger partial charge < -0.3 is 10.6 Å². The van der Waals surface area contributed by atoms with E-state index in [0.29, 0.717) is 11.3 Å². The molecule has 0 saturated heterocycles. The molecule has 9 heteroatoms. The number of hydrogen-bond donors (Lipinski definition) is 2. The van der Waals surface area contributed by atoms with Crippen LogP contribution in [0.4, 0.5) is 17.1 Å². The lowest BCUT2D eigenvalue weighted by atomic mass is 10.2. The van der Waals surface area contributed by atoms with Crippen molar-refractivity contribution in [2.75, 3.05) is 10.6 Å². The zero-order valence-electron chi connectivity index (χ0n) is 13.1. The van der Waals surface area contributed by atoms with Crippen molar-refractivity contribution in [2.24, 2.45) is 0 Å². The van der Waals surface area contributed by atoms with Gasteiger partial charge in [0.25, 0.3) is 11.6 Å². The topological polar surface area (TPSA) is 132 Å². The van der Waals surface area contributed by atoms with Gasteiger partial charge in [-0.1, -0.05) is 23.7 Å². The number of nitro groups is 1. The molecule has 0 fully saturated rings. The first-order valence-corrected chi connectivity index (χ1v) is 7.45. The highest BCUT2D eigenvalue weighted by Gasteiger charge is 2.15. The Morgan fingerprint density at radius 2 is 1.96 bits per heavy atom. The Hall–Kier alpha value is -3.88. The maximum absolute atomic E-state index is 12.2. The SMILES string of the molecule is N#C/C(=C/Nc1ccccc1C#N)C(=O)Nc1ccc(Cl)c([N+](=O)[O-])c1. The molecule has 0 unspecified atom stereocenters. The summed E-state index contributed by atoms with van der Waals surface area (Å²) in [6.07, 6.45) is 1.15. The summed E-state index contributed by atoms with van der Waals surface area (Å²) in [5.74, 6) is -0.772. The van der Waals surface area contributed by atoms with E-state index in [1.165, 1.54) is 12.1 Å². The van der Waals surface area contributed by atoms with Crippen LogP contribution in [0.5, 0.6) is 0 Å². The smallest absolute Gasteiger partial charge is 0.289 e. The number of nitro benzene ring substituents is 1. The predicted molar refractivity (Wildman–Crippen MR) is 95.2 cm³/mol. The number of carbonyl (C=O) groups excluding carboxylic acids is 1. The van der Waals surface area contributed by atoms with Crippen molar-refractivity contribution in [3.63, 3.8) is 0 Å². The zero-order chi connectivity index (χ0) is 19.1. The van der Waals surface area contributed by atoms with Crippen LogP contribution in [0.15, 0.2) is 54.2 Å². The van der Waals surface area contributed by atoms with Crippen molar-refractivity contribution in [1.29, 1.82) is 10.5 Å². The van der Waals surface area contributed by atoms with Gasteiger partial charge in [0, 0.05) is 18.0 Å². The van der Waals surface area contributed by atoms with Crippen molar-refractivity contribution in [2.45, 2.75) is 0 Å². The van der Waals surface area contributed by atoms with Crippen LogP contribution in [-0.4, -0.2) is 10.8 Å². The molecule has 1 amide bonds. The molecule has 0 aliphatic carbocycles. The second kappa shape index (κ2) is 8.29. The fraction of sp³-hybridized carbons (Fsp3) is 0. The van der Waals surface area contributed by atoms with Crippen LogP contribution in [0.2, 0.25) is 5.02 Å². The first-order valence-electron chi connectivity index (χ1n) is 7.07. The quantitative estimate of drug-likeness (QED) is 0.359. The number of nitrogens with one attached hydrogen (secondary N) is 2. The van der Waals surface area contributed by atoms with Gasteiger partial charge >= 0.3 is 0 Å². The molecule has 0 aliphatic rings. The van der Waals surface area contributed by atoms with E-state index in [1.54, 1.807) is 30.3 Å². The molecule has 0 spiro atoms. The lowest BCUT2D eigenvalue weighted by Gasteiger charge is -2.06. The highest BCUT2D eigenvalue weighted by atomic mass is 35.5. The number of nitrogens with zero attached hydrogens (tertiary/aromatic N) is 3. The van der Waals surface area contributed by atoms with Crippen molar-refractivity contribution < 1.29 is 9.72 Å². The van der Waals surface area contributed by atoms with E-state index >= 15 is 0 Å². The van der Waals surface area contributed by atoms with Gasteiger partial charge in [-0.05, 0) is 24.3 Å². The van der Waals surface area contributed by atoms with Gasteiger partial charge in [0.05, 0.1) is 16.2 Å². The van der Waals surface area contributed by atoms with Crippen LogP contribution in [0.1, 0.15) is 5.56 Å². The number of carbonyl (C=O) groups is 1. The summed E-state index contributed by atoms with van der Waals surface area (Å²) >= 11 is 5.71. The van der Waals surface area contributed by atoms with Gasteiger partial charge in [0.1, 0.15) is 22.7 Å². The molecule has 0 heterocycles. The van der Waals surface area contributed by atoms with Gasteiger partial charge in [-0.15, -0.1) is 0 Å². The van der Waals surface area contributed by atoms with Crippen molar-refractivity contribution in [3.8, 4) is 12.1 Å². The number of rotatable bonds is 5. The molecule has 2 aromatic rings. The largest absolute Gasteiger partial charge is 0.359 e. The van der Waals surface area contributed by atoms with Crippen LogP contribution in [0.25, 0.3) is 0 Å². The Balaban J connectivity index is 2.19. The third kappa shape index (κ3) is 4.35. The number of hydrogen-bond acceptors (Lipinski definition) is 6. The minimum absolute atomic E-state index is 0.0705. The maximum atomic E-state index is 12.2. The molecular weight excluding hydrogens is 358 g/mol. The van der Waals surface area contributed by atoms with Gasteiger partial charge in [-0.3, -0.25) is 14.9 Å². The van der Waals surface area contributed by atoms with Gasteiger partial charge in [-0.2, -0.15) is 10.5 Å². The van der Waals surface area contributed by atoms with Crippen LogP contribution in [-0.2, 0) is 4.79 Å². The summed E-state index contributed by atoms with van der Waals surface area (Å²) in [5.41, 5.74) is 0.237. The third-order valence-electron chi connectivity index (χ3n) is 3.19. The second-order valence-electron chi connectivity index (χ2n) is 4.85. The summed E-state index contributed by atoms with van der Waals surface area (Å²) < 4.78 is 0. The number of nitriles is 2. The van der Waals surface area contributed by atoms with Crippen LogP contribution >= 0.6 is 11.6 Å². The summed E-state index contributed by atoms with van der Waals surface area (Å²) in [6, 6.07) is 14.0. The lowest BCUT2D eigenvalue weighted by Crippen LogP contribution is -2.14. The molecule has 0 radical (unpaired) electrons. The van der Waals surface area contributed by atoms with Crippen LogP contribution < -0.4 is 10.6 Å². The molecule has 26 heavy (non-hydrogen) atoms. The third-order valence-corrected chi connectivity index (χ3v) is 3.50. The van der Waals surface area contributed by atoms with Gasteiger partial charge in [-0.25, -0.2) is 0 Å². The molecule has 0 atom stereocenters. The van der Waals surface area contributed by atoms with Gasteiger partial charge in [0.2, 0.25) is 0 Å². The predicted octanol–water partition coefficient (Wildman–Crippen LogP) is 3.58. The zero-order valence-corrected chi connectivity index (χ0v) is 13.8. The fourth-order valence-electron chi connectivity index (χ4n) is 1.93. The summed E-state index contributed by atoms with van der Waals surface area (Å²) in [7, 11) is 0. The Morgan fingerprint density at radius 3 is 2.62 bits per heavy atom. The molecule has 128 valence electrons. The minimum Gasteiger partial charge on any atom is -0.359 e. The van der Waals surface area contributed by atoms with Crippen molar-refractivity contribution in [1.82, 2.24) is 0 Å². The Bertz CT molecular complexity index is 989. The molecular formula is C17H10ClN5O3. The van der Waals surface area contributed by atoms with E-state index in [9.17, 15) is 14.9 Å². The van der Waals surface area contributed by atoms with E-state index in [0.717, 1.165) is 12.3 Å². The molecule has 0 aliphatic heterocycles. The molecule has 8 nitrogen and oxygen atoms in total. The first-order chi connectivity index (χ1) is 12.5. The van der Waals surface area contributed by atoms with Crippen molar-refractivity contribution in [3.05, 3.63) is 74.9 Å². The van der Waals surface area contributed by atoms with Crippen molar-refractivity contribution >= 4 is 34.6 Å². The molecule has 0 saturated carbocycles.